The molecule has 21 heavy (non-hydrogen) atoms. The summed E-state index contributed by atoms with van der Waals surface area (Å²) in [7, 11) is 0. The number of hydrogen-bond acceptors (Lipinski definition) is 3. The molecule has 0 saturated heterocycles. The van der Waals surface area contributed by atoms with Crippen LogP contribution in [0.2, 0.25) is 0 Å². The monoisotopic (exact) mass is 350 g/mol. The second kappa shape index (κ2) is 5.13. The van der Waals surface area contributed by atoms with Crippen molar-refractivity contribution in [2.45, 2.75) is 45.1 Å². The van der Waals surface area contributed by atoms with Gasteiger partial charge >= 0.3 is 5.97 Å². The minimum absolute atomic E-state index is 0.138. The first-order valence-corrected chi connectivity index (χ1v) is 8.14. The number of rotatable bonds is 4. The Morgan fingerprint density at radius 1 is 1.48 bits per heavy atom. The predicted molar refractivity (Wildman–Crippen MR) is 85.4 cm³/mol. The van der Waals surface area contributed by atoms with E-state index in [2.05, 4.69) is 40.4 Å². The molecule has 112 valence electrons. The zero-order valence-electron chi connectivity index (χ0n) is 12.5. The number of ether oxygens (including phenoxy) is 1. The van der Waals surface area contributed by atoms with Gasteiger partial charge in [0.1, 0.15) is 11.2 Å². The SMILES string of the molecule is CCOC(=O)C1(c2nc3cc(Br)ccc3n2C(C)C)CC1. The van der Waals surface area contributed by atoms with E-state index in [9.17, 15) is 4.79 Å². The average molecular weight is 351 g/mol. The molecule has 0 N–H and O–H groups in total. The zero-order chi connectivity index (χ0) is 15.2. The third-order valence-electron chi connectivity index (χ3n) is 4.01. The van der Waals surface area contributed by atoms with Gasteiger partial charge in [-0.25, -0.2) is 4.98 Å². The molecule has 1 aromatic carbocycles. The number of halogens is 1. The summed E-state index contributed by atoms with van der Waals surface area (Å²) in [6.45, 7) is 6.49. The maximum atomic E-state index is 12.4. The van der Waals surface area contributed by atoms with Crippen molar-refractivity contribution in [3.05, 3.63) is 28.5 Å². The van der Waals surface area contributed by atoms with Gasteiger partial charge in [-0.3, -0.25) is 4.79 Å². The molecule has 1 fully saturated rings. The van der Waals surface area contributed by atoms with E-state index in [4.69, 9.17) is 9.72 Å². The maximum Gasteiger partial charge on any atom is 0.319 e. The van der Waals surface area contributed by atoms with E-state index in [1.807, 2.05) is 19.1 Å². The molecule has 0 atom stereocenters. The average Bonchev–Trinajstić information content (AvgIpc) is 3.14. The summed E-state index contributed by atoms with van der Waals surface area (Å²) in [4.78, 5) is 17.1. The molecule has 0 aliphatic heterocycles. The fraction of sp³-hybridized carbons (Fsp3) is 0.500. The lowest BCUT2D eigenvalue weighted by atomic mass is 10.1. The normalized spacial score (nSPS) is 16.4. The van der Waals surface area contributed by atoms with Crippen LogP contribution in [0.1, 0.15) is 45.5 Å². The summed E-state index contributed by atoms with van der Waals surface area (Å²) >= 11 is 3.48. The van der Waals surface area contributed by atoms with Crippen molar-refractivity contribution in [1.82, 2.24) is 9.55 Å². The topological polar surface area (TPSA) is 44.1 Å². The van der Waals surface area contributed by atoms with Crippen molar-refractivity contribution in [1.29, 1.82) is 0 Å². The Kier molecular flexibility index (Phi) is 3.56. The minimum atomic E-state index is -0.536. The second-order valence-electron chi connectivity index (χ2n) is 5.83. The molecule has 1 aromatic heterocycles. The van der Waals surface area contributed by atoms with E-state index in [1.54, 1.807) is 0 Å². The van der Waals surface area contributed by atoms with E-state index >= 15 is 0 Å². The summed E-state index contributed by atoms with van der Waals surface area (Å²) in [5.41, 5.74) is 1.45. The van der Waals surface area contributed by atoms with Gasteiger partial charge in [-0.15, -0.1) is 0 Å². The molecule has 1 saturated carbocycles. The molecular formula is C16H19BrN2O2. The molecule has 4 nitrogen and oxygen atoms in total. The van der Waals surface area contributed by atoms with Crippen molar-refractivity contribution in [3.63, 3.8) is 0 Å². The summed E-state index contributed by atoms with van der Waals surface area (Å²) in [5.74, 6) is 0.713. The second-order valence-corrected chi connectivity index (χ2v) is 6.75. The lowest BCUT2D eigenvalue weighted by Gasteiger charge is -2.18. The fourth-order valence-corrected chi connectivity index (χ4v) is 3.19. The molecule has 0 unspecified atom stereocenters. The molecule has 1 heterocycles. The number of fused-ring (bicyclic) bond motifs is 1. The lowest BCUT2D eigenvalue weighted by molar-refractivity contribution is -0.146. The van der Waals surface area contributed by atoms with E-state index in [1.165, 1.54) is 0 Å². The third-order valence-corrected chi connectivity index (χ3v) is 4.51. The first-order valence-electron chi connectivity index (χ1n) is 7.35. The van der Waals surface area contributed by atoms with Gasteiger partial charge in [-0.1, -0.05) is 15.9 Å². The molecule has 1 aliphatic rings. The van der Waals surface area contributed by atoms with E-state index < -0.39 is 5.41 Å². The van der Waals surface area contributed by atoms with Gasteiger partial charge < -0.3 is 9.30 Å². The van der Waals surface area contributed by atoms with Crippen LogP contribution in [0.4, 0.5) is 0 Å². The van der Waals surface area contributed by atoms with Gasteiger partial charge in [0, 0.05) is 10.5 Å². The highest BCUT2D eigenvalue weighted by Gasteiger charge is 2.56. The molecule has 1 aliphatic carbocycles. The summed E-state index contributed by atoms with van der Waals surface area (Å²) in [6, 6.07) is 6.31. The number of esters is 1. The number of nitrogens with zero attached hydrogens (tertiary/aromatic N) is 2. The molecule has 0 spiro atoms. The Bertz CT molecular complexity index is 702. The van der Waals surface area contributed by atoms with Crippen LogP contribution < -0.4 is 0 Å². The van der Waals surface area contributed by atoms with Crippen LogP contribution in [-0.2, 0) is 14.9 Å². The van der Waals surface area contributed by atoms with E-state index in [0.717, 1.165) is 34.2 Å². The van der Waals surface area contributed by atoms with Crippen LogP contribution in [0.5, 0.6) is 0 Å². The fourth-order valence-electron chi connectivity index (χ4n) is 2.85. The first-order chi connectivity index (χ1) is 9.99. The highest BCUT2D eigenvalue weighted by molar-refractivity contribution is 9.10. The number of benzene rings is 1. The van der Waals surface area contributed by atoms with Gasteiger partial charge in [-0.2, -0.15) is 0 Å². The molecule has 0 amide bonds. The van der Waals surface area contributed by atoms with Crippen LogP contribution in [0.3, 0.4) is 0 Å². The van der Waals surface area contributed by atoms with Crippen LogP contribution in [0.15, 0.2) is 22.7 Å². The Balaban J connectivity index is 2.18. The maximum absolute atomic E-state index is 12.4. The van der Waals surface area contributed by atoms with Crippen molar-refractivity contribution < 1.29 is 9.53 Å². The Hall–Kier alpha value is -1.36. The van der Waals surface area contributed by atoms with Crippen molar-refractivity contribution >= 4 is 32.9 Å². The van der Waals surface area contributed by atoms with Crippen LogP contribution in [-0.4, -0.2) is 22.1 Å². The molecule has 5 heteroatoms. The van der Waals surface area contributed by atoms with E-state index in [-0.39, 0.29) is 12.0 Å². The van der Waals surface area contributed by atoms with Crippen molar-refractivity contribution in [3.8, 4) is 0 Å². The predicted octanol–water partition coefficient (Wildman–Crippen LogP) is 3.97. The summed E-state index contributed by atoms with van der Waals surface area (Å²) in [5, 5.41) is 0. The van der Waals surface area contributed by atoms with Gasteiger partial charge in [-0.05, 0) is 51.8 Å². The van der Waals surface area contributed by atoms with Gasteiger partial charge in [0.25, 0.3) is 0 Å². The summed E-state index contributed by atoms with van der Waals surface area (Å²) in [6.07, 6.45) is 1.64. The zero-order valence-corrected chi connectivity index (χ0v) is 14.1. The number of carbonyl (C=O) groups excluding carboxylic acids is 1. The van der Waals surface area contributed by atoms with Crippen LogP contribution >= 0.6 is 15.9 Å². The van der Waals surface area contributed by atoms with Crippen molar-refractivity contribution in [2.24, 2.45) is 0 Å². The number of aromatic nitrogens is 2. The van der Waals surface area contributed by atoms with Crippen LogP contribution in [0, 0.1) is 0 Å². The third kappa shape index (κ3) is 2.27. The number of hydrogen-bond donors (Lipinski definition) is 0. The number of carbonyl (C=O) groups is 1. The number of imidazole rings is 1. The van der Waals surface area contributed by atoms with Crippen molar-refractivity contribution in [2.75, 3.05) is 6.61 Å². The minimum Gasteiger partial charge on any atom is -0.465 e. The lowest BCUT2D eigenvalue weighted by Crippen LogP contribution is -2.27. The molecule has 0 bridgehead atoms. The van der Waals surface area contributed by atoms with Gasteiger partial charge in [0.05, 0.1) is 17.6 Å². The van der Waals surface area contributed by atoms with Gasteiger partial charge in [0.15, 0.2) is 0 Å². The first kappa shape index (κ1) is 14.6. The smallest absolute Gasteiger partial charge is 0.319 e. The highest BCUT2D eigenvalue weighted by Crippen LogP contribution is 2.50. The Labute approximate surface area is 132 Å². The molecular weight excluding hydrogens is 332 g/mol. The van der Waals surface area contributed by atoms with E-state index in [0.29, 0.717) is 6.61 Å². The highest BCUT2D eigenvalue weighted by atomic mass is 79.9. The molecule has 0 radical (unpaired) electrons. The Morgan fingerprint density at radius 2 is 2.19 bits per heavy atom. The van der Waals surface area contributed by atoms with Crippen LogP contribution in [0.25, 0.3) is 11.0 Å². The molecule has 2 aromatic rings. The van der Waals surface area contributed by atoms with Gasteiger partial charge in [0.2, 0.25) is 0 Å². The quantitative estimate of drug-likeness (QED) is 0.783. The summed E-state index contributed by atoms with van der Waals surface area (Å²) < 4.78 is 8.45. The standard InChI is InChI=1S/C16H19BrN2O2/c1-4-21-15(20)16(7-8-16)14-18-12-9-11(17)5-6-13(12)19(14)10(2)3/h5-6,9-10H,4,7-8H2,1-3H3. The Morgan fingerprint density at radius 3 is 2.76 bits per heavy atom. The molecule has 3 rings (SSSR count). The largest absolute Gasteiger partial charge is 0.465 e.